The third-order valence-electron chi connectivity index (χ3n) is 5.88. The van der Waals surface area contributed by atoms with E-state index in [0.29, 0.717) is 35.8 Å². The molecule has 1 N–H and O–H groups in total. The van der Waals surface area contributed by atoms with Crippen molar-refractivity contribution in [2.24, 2.45) is 0 Å². The summed E-state index contributed by atoms with van der Waals surface area (Å²) in [6.07, 6.45) is 1.95. The lowest BCUT2D eigenvalue weighted by Gasteiger charge is -2.35. The van der Waals surface area contributed by atoms with Crippen molar-refractivity contribution in [1.82, 2.24) is 9.88 Å². The van der Waals surface area contributed by atoms with E-state index in [4.69, 9.17) is 16.0 Å². The van der Waals surface area contributed by atoms with Crippen LogP contribution in [0.3, 0.4) is 0 Å². The van der Waals surface area contributed by atoms with E-state index in [0.717, 1.165) is 29.9 Å². The molecule has 1 aliphatic rings. The Morgan fingerprint density at radius 2 is 1.74 bits per heavy atom. The van der Waals surface area contributed by atoms with Crippen LogP contribution in [0.1, 0.15) is 16.1 Å². The number of fused-ring (bicyclic) bond motifs is 1. The molecule has 8 heteroatoms. The van der Waals surface area contributed by atoms with E-state index < -0.39 is 0 Å². The van der Waals surface area contributed by atoms with Gasteiger partial charge in [0.15, 0.2) is 5.76 Å². The molecule has 0 aliphatic carbocycles. The molecule has 0 bridgehead atoms. The van der Waals surface area contributed by atoms with Gasteiger partial charge in [-0.05, 0) is 42.0 Å². The summed E-state index contributed by atoms with van der Waals surface area (Å²) in [5, 5.41) is 4.33. The summed E-state index contributed by atoms with van der Waals surface area (Å²) in [6, 6.07) is 20.3. The lowest BCUT2D eigenvalue weighted by molar-refractivity contribution is -0.130. The van der Waals surface area contributed by atoms with Crippen LogP contribution in [0, 0.1) is 0 Å². The van der Waals surface area contributed by atoms with Gasteiger partial charge in [-0.15, -0.1) is 0 Å². The third-order valence-corrected chi connectivity index (χ3v) is 6.11. The molecule has 5 rings (SSSR count). The lowest BCUT2D eigenvalue weighted by Crippen LogP contribution is -2.49. The normalized spacial score (nSPS) is 13.8. The number of rotatable bonds is 5. The Kier molecular flexibility index (Phi) is 6.18. The van der Waals surface area contributed by atoms with Crippen molar-refractivity contribution in [2.75, 3.05) is 36.4 Å². The van der Waals surface area contributed by atoms with Crippen molar-refractivity contribution in [3.63, 3.8) is 0 Å². The van der Waals surface area contributed by atoms with Crippen molar-refractivity contribution >= 4 is 45.9 Å². The number of carbonyl (C=O) groups is 2. The number of hydrogen-bond acceptors (Lipinski definition) is 5. The molecule has 1 saturated heterocycles. The van der Waals surface area contributed by atoms with Crippen molar-refractivity contribution < 1.29 is 14.0 Å². The fraction of sp³-hybridized carbons (Fsp3) is 0.192. The summed E-state index contributed by atoms with van der Waals surface area (Å²) in [6.45, 7) is 2.75. The summed E-state index contributed by atoms with van der Waals surface area (Å²) in [4.78, 5) is 33.7. The van der Waals surface area contributed by atoms with Crippen molar-refractivity contribution in [3.05, 3.63) is 89.3 Å². The molecule has 0 spiro atoms. The Bertz CT molecular complexity index is 1280. The van der Waals surface area contributed by atoms with Gasteiger partial charge in [-0.2, -0.15) is 0 Å². The Labute approximate surface area is 201 Å². The molecular weight excluding hydrogens is 452 g/mol. The molecule has 0 saturated carbocycles. The number of piperazine rings is 1. The van der Waals surface area contributed by atoms with Crippen LogP contribution in [-0.4, -0.2) is 47.9 Å². The zero-order chi connectivity index (χ0) is 23.5. The molecule has 4 aromatic rings. The number of para-hydroxylation sites is 1. The Morgan fingerprint density at radius 1 is 0.971 bits per heavy atom. The highest BCUT2D eigenvalue weighted by molar-refractivity contribution is 6.30. The average Bonchev–Trinajstić information content (AvgIpc) is 3.30. The summed E-state index contributed by atoms with van der Waals surface area (Å²) in [5.74, 6) is 0.904. The van der Waals surface area contributed by atoms with Gasteiger partial charge in [0.05, 0.1) is 11.4 Å². The molecule has 2 amide bonds. The van der Waals surface area contributed by atoms with Crippen LogP contribution >= 0.6 is 11.6 Å². The highest BCUT2D eigenvalue weighted by Gasteiger charge is 2.22. The highest BCUT2D eigenvalue weighted by Crippen LogP contribution is 2.21. The number of aromatic nitrogens is 1. The molecule has 0 radical (unpaired) electrons. The van der Waals surface area contributed by atoms with Gasteiger partial charge in [0.1, 0.15) is 11.4 Å². The first-order chi connectivity index (χ1) is 16.5. The quantitative estimate of drug-likeness (QED) is 0.456. The molecule has 1 fully saturated rings. The van der Waals surface area contributed by atoms with E-state index in [9.17, 15) is 9.59 Å². The summed E-state index contributed by atoms with van der Waals surface area (Å²) < 4.78 is 5.61. The summed E-state index contributed by atoms with van der Waals surface area (Å²) in [5.41, 5.74) is 2.21. The van der Waals surface area contributed by atoms with Gasteiger partial charge in [0.25, 0.3) is 5.91 Å². The van der Waals surface area contributed by atoms with Crippen LogP contribution in [0.5, 0.6) is 0 Å². The van der Waals surface area contributed by atoms with Crippen LogP contribution in [0.2, 0.25) is 5.02 Å². The molecule has 172 valence electrons. The molecule has 1 aliphatic heterocycles. The monoisotopic (exact) mass is 474 g/mol. The van der Waals surface area contributed by atoms with Crippen molar-refractivity contribution in [1.29, 1.82) is 0 Å². The summed E-state index contributed by atoms with van der Waals surface area (Å²) >= 11 is 5.91. The number of nitrogens with one attached hydrogen (secondary N) is 1. The Morgan fingerprint density at radius 3 is 2.44 bits per heavy atom. The molecule has 0 atom stereocenters. The molecule has 2 aromatic heterocycles. The zero-order valence-corrected chi connectivity index (χ0v) is 19.2. The van der Waals surface area contributed by atoms with E-state index in [2.05, 4.69) is 15.2 Å². The van der Waals surface area contributed by atoms with E-state index >= 15 is 0 Å². The molecule has 0 unspecified atom stereocenters. The summed E-state index contributed by atoms with van der Waals surface area (Å²) in [7, 11) is 0. The molecule has 7 nitrogen and oxygen atoms in total. The minimum Gasteiger partial charge on any atom is -0.451 e. The minimum atomic E-state index is -0.312. The first-order valence-corrected chi connectivity index (χ1v) is 11.5. The second-order valence-electron chi connectivity index (χ2n) is 8.18. The fourth-order valence-corrected chi connectivity index (χ4v) is 4.13. The lowest BCUT2D eigenvalue weighted by atomic mass is 10.1. The predicted octanol–water partition coefficient (Wildman–Crippen LogP) is 4.62. The number of halogens is 1. The van der Waals surface area contributed by atoms with Gasteiger partial charge >= 0.3 is 0 Å². The number of anilines is 2. The predicted molar refractivity (Wildman–Crippen MR) is 132 cm³/mol. The number of pyridine rings is 1. The van der Waals surface area contributed by atoms with Gasteiger partial charge < -0.3 is 19.5 Å². The number of carbonyl (C=O) groups excluding carboxylic acids is 2. The van der Waals surface area contributed by atoms with Gasteiger partial charge in [0.2, 0.25) is 5.91 Å². The highest BCUT2D eigenvalue weighted by atomic mass is 35.5. The molecule has 2 aromatic carbocycles. The standard InChI is InChI=1S/C26H23ClN4O3/c27-20-7-10-24(28-17-20)30-11-13-31(14-12-30)25(32)15-18-5-8-21(9-6-18)29-26(33)23-16-19-3-1-2-4-22(19)34-23/h1-10,16-17H,11-15H2,(H,29,33). The first-order valence-electron chi connectivity index (χ1n) is 11.1. The smallest absolute Gasteiger partial charge is 0.291 e. The number of furan rings is 1. The molecule has 34 heavy (non-hydrogen) atoms. The van der Waals surface area contributed by atoms with E-state index in [1.807, 2.05) is 53.4 Å². The third kappa shape index (κ3) is 4.89. The van der Waals surface area contributed by atoms with E-state index in [1.54, 1.807) is 24.4 Å². The van der Waals surface area contributed by atoms with E-state index in [1.165, 1.54) is 0 Å². The number of hydrogen-bond donors (Lipinski definition) is 1. The van der Waals surface area contributed by atoms with Crippen LogP contribution in [0.15, 0.2) is 77.3 Å². The van der Waals surface area contributed by atoms with Gasteiger partial charge in [-0.3, -0.25) is 9.59 Å². The van der Waals surface area contributed by atoms with Gasteiger partial charge in [0, 0.05) is 43.4 Å². The maximum Gasteiger partial charge on any atom is 0.291 e. The molecular formula is C26H23ClN4O3. The topological polar surface area (TPSA) is 78.7 Å². The fourth-order valence-electron chi connectivity index (χ4n) is 4.02. The maximum absolute atomic E-state index is 12.8. The van der Waals surface area contributed by atoms with Crippen LogP contribution in [-0.2, 0) is 11.2 Å². The maximum atomic E-state index is 12.8. The first kappa shape index (κ1) is 22.0. The second kappa shape index (κ2) is 9.57. The van der Waals surface area contributed by atoms with Crippen LogP contribution in [0.25, 0.3) is 11.0 Å². The van der Waals surface area contributed by atoms with Crippen LogP contribution in [0.4, 0.5) is 11.5 Å². The largest absolute Gasteiger partial charge is 0.451 e. The van der Waals surface area contributed by atoms with Crippen molar-refractivity contribution in [3.8, 4) is 0 Å². The van der Waals surface area contributed by atoms with Gasteiger partial charge in [-0.25, -0.2) is 4.98 Å². The minimum absolute atomic E-state index is 0.0859. The number of benzene rings is 2. The zero-order valence-electron chi connectivity index (χ0n) is 18.4. The number of nitrogens with zero attached hydrogens (tertiary/aromatic N) is 3. The Hall–Kier alpha value is -3.84. The second-order valence-corrected chi connectivity index (χ2v) is 8.62. The Balaban J connectivity index is 1.14. The van der Waals surface area contributed by atoms with Gasteiger partial charge in [-0.1, -0.05) is 41.9 Å². The van der Waals surface area contributed by atoms with Crippen molar-refractivity contribution in [2.45, 2.75) is 6.42 Å². The molecule has 3 heterocycles. The SMILES string of the molecule is O=C(Nc1ccc(CC(=O)N2CCN(c3ccc(Cl)cn3)CC2)cc1)c1cc2ccccc2o1. The van der Waals surface area contributed by atoms with Crippen LogP contribution < -0.4 is 10.2 Å². The number of amides is 2. The average molecular weight is 475 g/mol. The van der Waals surface area contributed by atoms with E-state index in [-0.39, 0.29) is 17.6 Å².